The Kier molecular flexibility index (Phi) is 4.37. The normalized spacial score (nSPS) is 26.5. The smallest absolute Gasteiger partial charge is 0.311 e. The van der Waals surface area contributed by atoms with Crippen LogP contribution in [0.1, 0.15) is 47.4 Å². The molecule has 0 spiro atoms. The molecule has 2 amide bonds. The zero-order valence-corrected chi connectivity index (χ0v) is 16.3. The van der Waals surface area contributed by atoms with Crippen LogP contribution in [0.25, 0.3) is 0 Å². The molecule has 5 rings (SSSR count). The Hall–Kier alpha value is -2.77. The fraction of sp³-hybridized carbons (Fsp3) is 0.524. The maximum Gasteiger partial charge on any atom is 0.311 e. The number of carbonyl (C=O) groups excluding carboxylic acids is 2. The van der Waals surface area contributed by atoms with Gasteiger partial charge in [0.15, 0.2) is 0 Å². The van der Waals surface area contributed by atoms with E-state index in [4.69, 9.17) is 4.42 Å². The van der Waals surface area contributed by atoms with Crippen molar-refractivity contribution in [3.63, 3.8) is 0 Å². The van der Waals surface area contributed by atoms with Gasteiger partial charge >= 0.3 is 11.8 Å². The molecular formula is C21H23FN4O3. The van der Waals surface area contributed by atoms with E-state index in [0.29, 0.717) is 25.5 Å². The topological polar surface area (TPSA) is 79.5 Å². The molecule has 7 nitrogen and oxygen atoms in total. The molecule has 8 heteroatoms. The molecule has 29 heavy (non-hydrogen) atoms. The minimum absolute atomic E-state index is 0.00724. The predicted molar refractivity (Wildman–Crippen MR) is 100 cm³/mol. The average Bonchev–Trinajstić information content (AvgIpc) is 3.33. The summed E-state index contributed by atoms with van der Waals surface area (Å²) in [6.45, 7) is 3.26. The predicted octanol–water partition coefficient (Wildman–Crippen LogP) is 2.59. The summed E-state index contributed by atoms with van der Waals surface area (Å²) < 4.78 is 19.3. The minimum atomic E-state index is -0.311. The lowest BCUT2D eigenvalue weighted by Gasteiger charge is -2.35. The van der Waals surface area contributed by atoms with Crippen molar-refractivity contribution in [3.05, 3.63) is 47.4 Å². The number of rotatable bonds is 3. The van der Waals surface area contributed by atoms with Crippen molar-refractivity contribution in [1.29, 1.82) is 0 Å². The molecule has 3 atom stereocenters. The average molecular weight is 398 g/mol. The largest absolute Gasteiger partial charge is 0.417 e. The molecule has 0 radical (unpaired) electrons. The lowest BCUT2D eigenvalue weighted by Crippen LogP contribution is -2.41. The highest BCUT2D eigenvalue weighted by Gasteiger charge is 2.51. The lowest BCUT2D eigenvalue weighted by molar-refractivity contribution is -0.139. The second-order valence-electron chi connectivity index (χ2n) is 8.38. The van der Waals surface area contributed by atoms with Crippen molar-refractivity contribution < 1.29 is 18.4 Å². The highest BCUT2D eigenvalue weighted by molar-refractivity contribution is 5.89. The molecule has 1 saturated carbocycles. The van der Waals surface area contributed by atoms with E-state index in [1.54, 1.807) is 17.9 Å². The molecule has 2 aromatic rings. The van der Waals surface area contributed by atoms with Crippen LogP contribution in [-0.4, -0.2) is 51.4 Å². The Balaban J connectivity index is 1.42. The van der Waals surface area contributed by atoms with Gasteiger partial charge in [0.2, 0.25) is 11.8 Å². The molecule has 0 bridgehead atoms. The number of benzene rings is 1. The van der Waals surface area contributed by atoms with Crippen LogP contribution in [0, 0.1) is 30.5 Å². The van der Waals surface area contributed by atoms with Crippen LogP contribution in [0.4, 0.5) is 4.39 Å². The number of nitrogens with zero attached hydrogens (tertiary/aromatic N) is 4. The summed E-state index contributed by atoms with van der Waals surface area (Å²) in [5.41, 5.74) is 0.799. The molecule has 3 fully saturated rings. The number of amides is 2. The van der Waals surface area contributed by atoms with Crippen LogP contribution in [-0.2, 0) is 4.79 Å². The minimum Gasteiger partial charge on any atom is -0.417 e. The van der Waals surface area contributed by atoms with Crippen molar-refractivity contribution in [2.75, 3.05) is 19.6 Å². The monoisotopic (exact) mass is 398 g/mol. The van der Waals surface area contributed by atoms with Crippen molar-refractivity contribution >= 4 is 11.8 Å². The van der Waals surface area contributed by atoms with E-state index in [0.717, 1.165) is 24.8 Å². The second kappa shape index (κ2) is 6.93. The molecule has 0 N–H and O–H groups in total. The number of hydrogen-bond donors (Lipinski definition) is 0. The van der Waals surface area contributed by atoms with E-state index in [2.05, 4.69) is 10.2 Å². The third-order valence-electron chi connectivity index (χ3n) is 6.59. The summed E-state index contributed by atoms with van der Waals surface area (Å²) in [6, 6.07) is 6.27. The van der Waals surface area contributed by atoms with Crippen LogP contribution in [0.15, 0.2) is 28.7 Å². The maximum absolute atomic E-state index is 14.0. The van der Waals surface area contributed by atoms with Crippen molar-refractivity contribution in [2.24, 2.45) is 17.8 Å². The van der Waals surface area contributed by atoms with E-state index >= 15 is 0 Å². The van der Waals surface area contributed by atoms with Gasteiger partial charge in [-0.1, -0.05) is 18.6 Å². The Morgan fingerprint density at radius 1 is 1.17 bits per heavy atom. The molecule has 1 aromatic heterocycles. The van der Waals surface area contributed by atoms with Gasteiger partial charge in [-0.15, -0.1) is 10.2 Å². The number of likely N-dealkylation sites (tertiary alicyclic amines) is 2. The highest BCUT2D eigenvalue weighted by atomic mass is 19.1. The molecule has 3 aliphatic rings. The van der Waals surface area contributed by atoms with Crippen molar-refractivity contribution in [2.45, 2.75) is 32.2 Å². The van der Waals surface area contributed by atoms with Crippen molar-refractivity contribution in [1.82, 2.24) is 20.0 Å². The standard InChI is InChI=1S/C21H23FN4O3/c1-12-23-24-19(29-12)21(28)25-9-15-10-26(20(27)13-4-2-5-13)18(17(15)11-25)14-6-3-7-16(22)8-14/h3,6-8,13,15,17-18H,2,4-5,9-11H2,1H3/t15-,17-,18+/m0/s1. The number of aromatic nitrogens is 2. The van der Waals surface area contributed by atoms with Gasteiger partial charge in [0.25, 0.3) is 0 Å². The highest BCUT2D eigenvalue weighted by Crippen LogP contribution is 2.47. The summed E-state index contributed by atoms with van der Waals surface area (Å²) in [5.74, 6) is 0.224. The fourth-order valence-corrected chi connectivity index (χ4v) is 4.96. The van der Waals surface area contributed by atoms with Gasteiger partial charge in [-0.3, -0.25) is 9.59 Å². The zero-order chi connectivity index (χ0) is 20.1. The van der Waals surface area contributed by atoms with Crippen LogP contribution < -0.4 is 0 Å². The quantitative estimate of drug-likeness (QED) is 0.794. The Bertz CT molecular complexity index is 957. The van der Waals surface area contributed by atoms with Crippen molar-refractivity contribution in [3.8, 4) is 0 Å². The second-order valence-corrected chi connectivity index (χ2v) is 8.38. The number of carbonyl (C=O) groups is 2. The summed E-state index contributed by atoms with van der Waals surface area (Å²) >= 11 is 0. The number of fused-ring (bicyclic) bond motifs is 1. The van der Waals surface area contributed by atoms with Gasteiger partial charge in [-0.25, -0.2) is 4.39 Å². The third-order valence-corrected chi connectivity index (χ3v) is 6.59. The Morgan fingerprint density at radius 2 is 2.00 bits per heavy atom. The van der Waals surface area contributed by atoms with Gasteiger partial charge in [-0.2, -0.15) is 0 Å². The van der Waals surface area contributed by atoms with Gasteiger partial charge in [-0.05, 0) is 30.5 Å². The molecule has 0 unspecified atom stereocenters. The van der Waals surface area contributed by atoms with E-state index in [-0.39, 0.29) is 47.3 Å². The maximum atomic E-state index is 14.0. The van der Waals surface area contributed by atoms with Gasteiger partial charge in [0.1, 0.15) is 5.82 Å². The molecule has 2 aliphatic heterocycles. The summed E-state index contributed by atoms with van der Waals surface area (Å²) in [5, 5.41) is 7.57. The molecule has 3 heterocycles. The van der Waals surface area contributed by atoms with Gasteiger partial charge < -0.3 is 14.2 Å². The molecule has 1 aliphatic carbocycles. The first kappa shape index (κ1) is 18.3. The first-order chi connectivity index (χ1) is 14.0. The molecular weight excluding hydrogens is 375 g/mol. The van der Waals surface area contributed by atoms with Crippen LogP contribution in [0.5, 0.6) is 0 Å². The van der Waals surface area contributed by atoms with E-state index in [1.165, 1.54) is 12.1 Å². The first-order valence-electron chi connectivity index (χ1n) is 10.2. The summed E-state index contributed by atoms with van der Waals surface area (Å²) in [4.78, 5) is 29.5. The first-order valence-corrected chi connectivity index (χ1v) is 10.2. The summed E-state index contributed by atoms with van der Waals surface area (Å²) in [7, 11) is 0. The zero-order valence-electron chi connectivity index (χ0n) is 16.3. The number of aryl methyl sites for hydroxylation is 1. The number of halogens is 1. The Morgan fingerprint density at radius 3 is 2.66 bits per heavy atom. The molecule has 2 saturated heterocycles. The van der Waals surface area contributed by atoms with Crippen LogP contribution in [0.3, 0.4) is 0 Å². The lowest BCUT2D eigenvalue weighted by atomic mass is 9.83. The molecule has 152 valence electrons. The fourth-order valence-electron chi connectivity index (χ4n) is 4.96. The van der Waals surface area contributed by atoms with E-state index < -0.39 is 0 Å². The number of hydrogen-bond acceptors (Lipinski definition) is 5. The summed E-state index contributed by atoms with van der Waals surface area (Å²) in [6.07, 6.45) is 2.96. The van der Waals surface area contributed by atoms with Gasteiger partial charge in [0, 0.05) is 44.3 Å². The van der Waals surface area contributed by atoms with Crippen LogP contribution in [0.2, 0.25) is 0 Å². The molecule has 1 aromatic carbocycles. The van der Waals surface area contributed by atoms with E-state index in [9.17, 15) is 14.0 Å². The van der Waals surface area contributed by atoms with Crippen LogP contribution >= 0.6 is 0 Å². The van der Waals surface area contributed by atoms with Gasteiger partial charge in [0.05, 0.1) is 6.04 Å². The Labute approximate surface area is 167 Å². The SMILES string of the molecule is Cc1nnc(C(=O)N2C[C@H]3CN(C(=O)C4CCC4)[C@H](c4cccc(F)c4)[C@H]3C2)o1. The third kappa shape index (κ3) is 3.10. The van der Waals surface area contributed by atoms with E-state index in [1.807, 2.05) is 11.0 Å².